The first kappa shape index (κ1) is 5.17. The van der Waals surface area contributed by atoms with E-state index in [2.05, 4.69) is 5.92 Å². The van der Waals surface area contributed by atoms with Gasteiger partial charge in [-0.25, -0.2) is 0 Å². The van der Waals surface area contributed by atoms with Crippen molar-refractivity contribution in [3.05, 3.63) is 0 Å². The van der Waals surface area contributed by atoms with Crippen molar-refractivity contribution in [2.24, 2.45) is 5.92 Å². The molecule has 0 radical (unpaired) electrons. The molecule has 0 aromatic heterocycles. The van der Waals surface area contributed by atoms with Gasteiger partial charge in [0, 0.05) is 13.1 Å². The lowest BCUT2D eigenvalue weighted by molar-refractivity contribution is -0.122. The van der Waals surface area contributed by atoms with Gasteiger partial charge in [0.2, 0.25) is 6.41 Å². The van der Waals surface area contributed by atoms with E-state index < -0.39 is 0 Å². The highest BCUT2D eigenvalue weighted by Gasteiger charge is 2.22. The molecule has 0 aliphatic carbocycles. The van der Waals surface area contributed by atoms with Crippen LogP contribution in [-0.4, -0.2) is 24.4 Å². The predicted octanol–water partition coefficient (Wildman–Crippen LogP) is -0.292. The van der Waals surface area contributed by atoms with Crippen LogP contribution in [0.1, 0.15) is 0 Å². The van der Waals surface area contributed by atoms with E-state index in [1.807, 2.05) is 0 Å². The maximum atomic E-state index is 9.91. The summed E-state index contributed by atoms with van der Waals surface area (Å²) in [5.74, 6) is 2.88. The molecule has 0 N–H and O–H groups in total. The summed E-state index contributed by atoms with van der Waals surface area (Å²) in [6.07, 6.45) is 5.89. The topological polar surface area (TPSA) is 20.3 Å². The van der Waals surface area contributed by atoms with E-state index in [-0.39, 0.29) is 0 Å². The monoisotopic (exact) mass is 109 g/mol. The number of hydrogen-bond acceptors (Lipinski definition) is 1. The Bertz CT molecular complexity index is 130. The van der Waals surface area contributed by atoms with E-state index in [0.29, 0.717) is 5.92 Å². The molecule has 0 aromatic rings. The SMILES string of the molecule is C#CC1CN(C=O)C1. The second kappa shape index (κ2) is 1.87. The summed E-state index contributed by atoms with van der Waals surface area (Å²) in [5.41, 5.74) is 0. The van der Waals surface area contributed by atoms with Crippen LogP contribution in [0.25, 0.3) is 0 Å². The van der Waals surface area contributed by atoms with Gasteiger partial charge in [-0.2, -0.15) is 0 Å². The normalized spacial score (nSPS) is 19.1. The lowest BCUT2D eigenvalue weighted by atomic mass is 10.0. The number of rotatable bonds is 1. The molecule has 42 valence electrons. The first-order valence-electron chi connectivity index (χ1n) is 2.52. The van der Waals surface area contributed by atoms with Gasteiger partial charge >= 0.3 is 0 Å². The van der Waals surface area contributed by atoms with Gasteiger partial charge in [0.25, 0.3) is 0 Å². The summed E-state index contributed by atoms with van der Waals surface area (Å²) in [7, 11) is 0. The number of nitrogens with zero attached hydrogens (tertiary/aromatic N) is 1. The number of carbonyl (C=O) groups is 1. The molecule has 1 fully saturated rings. The molecule has 0 bridgehead atoms. The van der Waals surface area contributed by atoms with Crippen molar-refractivity contribution in [2.75, 3.05) is 13.1 Å². The van der Waals surface area contributed by atoms with Gasteiger partial charge in [0.1, 0.15) is 0 Å². The quantitative estimate of drug-likeness (QED) is 0.334. The van der Waals surface area contributed by atoms with E-state index in [1.54, 1.807) is 4.90 Å². The van der Waals surface area contributed by atoms with Gasteiger partial charge in [-0.3, -0.25) is 4.79 Å². The molecular weight excluding hydrogens is 102 g/mol. The van der Waals surface area contributed by atoms with Crippen LogP contribution in [0.15, 0.2) is 0 Å². The summed E-state index contributed by atoms with van der Waals surface area (Å²) in [6, 6.07) is 0. The first-order chi connectivity index (χ1) is 3.86. The molecule has 1 aliphatic heterocycles. The second-order valence-electron chi connectivity index (χ2n) is 1.92. The summed E-state index contributed by atoms with van der Waals surface area (Å²) in [4.78, 5) is 11.6. The zero-order valence-corrected chi connectivity index (χ0v) is 4.50. The lowest BCUT2D eigenvalue weighted by Gasteiger charge is -2.32. The van der Waals surface area contributed by atoms with Crippen molar-refractivity contribution in [3.8, 4) is 12.3 Å². The minimum atomic E-state index is 0.320. The minimum absolute atomic E-state index is 0.320. The van der Waals surface area contributed by atoms with Crippen molar-refractivity contribution < 1.29 is 4.79 Å². The van der Waals surface area contributed by atoms with Gasteiger partial charge in [0.15, 0.2) is 0 Å². The Labute approximate surface area is 48.5 Å². The van der Waals surface area contributed by atoms with Crippen molar-refractivity contribution >= 4 is 6.41 Å². The largest absolute Gasteiger partial charge is 0.343 e. The van der Waals surface area contributed by atoms with Gasteiger partial charge in [-0.05, 0) is 0 Å². The summed E-state index contributed by atoms with van der Waals surface area (Å²) in [5, 5.41) is 0. The number of terminal acetylenes is 1. The Balaban J connectivity index is 2.23. The molecule has 0 unspecified atom stereocenters. The highest BCUT2D eigenvalue weighted by molar-refractivity contribution is 5.49. The van der Waals surface area contributed by atoms with Gasteiger partial charge in [0.05, 0.1) is 5.92 Å². The molecule has 0 atom stereocenters. The molecule has 1 saturated heterocycles. The van der Waals surface area contributed by atoms with E-state index >= 15 is 0 Å². The third kappa shape index (κ3) is 0.671. The van der Waals surface area contributed by atoms with Crippen molar-refractivity contribution in [1.29, 1.82) is 0 Å². The number of amides is 1. The van der Waals surface area contributed by atoms with Crippen molar-refractivity contribution in [3.63, 3.8) is 0 Å². The molecular formula is C6H7NO. The summed E-state index contributed by atoms with van der Waals surface area (Å²) in [6.45, 7) is 1.50. The van der Waals surface area contributed by atoms with E-state index in [0.717, 1.165) is 19.5 Å². The fourth-order valence-electron chi connectivity index (χ4n) is 0.704. The van der Waals surface area contributed by atoms with Crippen LogP contribution < -0.4 is 0 Å². The Morgan fingerprint density at radius 3 is 2.75 bits per heavy atom. The fourth-order valence-corrected chi connectivity index (χ4v) is 0.704. The lowest BCUT2D eigenvalue weighted by Crippen LogP contribution is -2.44. The number of likely N-dealkylation sites (tertiary alicyclic amines) is 1. The molecule has 1 heterocycles. The van der Waals surface area contributed by atoms with Crippen LogP contribution in [-0.2, 0) is 4.79 Å². The molecule has 1 aliphatic rings. The maximum absolute atomic E-state index is 9.91. The maximum Gasteiger partial charge on any atom is 0.209 e. The predicted molar refractivity (Wildman–Crippen MR) is 30.0 cm³/mol. The smallest absolute Gasteiger partial charge is 0.209 e. The fraction of sp³-hybridized carbons (Fsp3) is 0.500. The Morgan fingerprint density at radius 1 is 1.75 bits per heavy atom. The van der Waals surface area contributed by atoms with E-state index in [9.17, 15) is 4.79 Å². The van der Waals surface area contributed by atoms with Crippen LogP contribution in [0.5, 0.6) is 0 Å². The zero-order chi connectivity index (χ0) is 5.98. The molecule has 2 heteroatoms. The summed E-state index contributed by atoms with van der Waals surface area (Å²) < 4.78 is 0. The molecule has 8 heavy (non-hydrogen) atoms. The Morgan fingerprint density at radius 2 is 2.38 bits per heavy atom. The first-order valence-corrected chi connectivity index (χ1v) is 2.52. The van der Waals surface area contributed by atoms with Crippen LogP contribution in [0.4, 0.5) is 0 Å². The highest BCUT2D eigenvalue weighted by Crippen LogP contribution is 2.10. The zero-order valence-electron chi connectivity index (χ0n) is 4.50. The van der Waals surface area contributed by atoms with E-state index in [4.69, 9.17) is 6.42 Å². The van der Waals surface area contributed by atoms with Crippen molar-refractivity contribution in [2.45, 2.75) is 0 Å². The van der Waals surface area contributed by atoms with E-state index in [1.165, 1.54) is 0 Å². The third-order valence-corrected chi connectivity index (χ3v) is 1.29. The average molecular weight is 109 g/mol. The number of carbonyl (C=O) groups excluding carboxylic acids is 1. The molecule has 2 nitrogen and oxygen atoms in total. The van der Waals surface area contributed by atoms with Crippen LogP contribution in [0, 0.1) is 18.3 Å². The van der Waals surface area contributed by atoms with Gasteiger partial charge in [-0.1, -0.05) is 5.92 Å². The number of hydrogen-bond donors (Lipinski definition) is 0. The molecule has 1 rings (SSSR count). The third-order valence-electron chi connectivity index (χ3n) is 1.29. The Kier molecular flexibility index (Phi) is 1.21. The standard InChI is InChI=1S/C6H7NO/c1-2-6-3-7(4-6)5-8/h1,5-6H,3-4H2. The van der Waals surface area contributed by atoms with Crippen LogP contribution in [0.3, 0.4) is 0 Å². The highest BCUT2D eigenvalue weighted by atomic mass is 16.1. The molecule has 0 aromatic carbocycles. The van der Waals surface area contributed by atoms with Gasteiger partial charge < -0.3 is 4.90 Å². The van der Waals surface area contributed by atoms with Crippen LogP contribution in [0.2, 0.25) is 0 Å². The molecule has 1 amide bonds. The molecule has 0 spiro atoms. The van der Waals surface area contributed by atoms with Crippen molar-refractivity contribution in [1.82, 2.24) is 4.90 Å². The minimum Gasteiger partial charge on any atom is -0.343 e. The molecule has 0 saturated carbocycles. The second-order valence-corrected chi connectivity index (χ2v) is 1.92. The van der Waals surface area contributed by atoms with Gasteiger partial charge in [-0.15, -0.1) is 6.42 Å². The average Bonchev–Trinajstić information content (AvgIpc) is 1.65. The van der Waals surface area contributed by atoms with Crippen LogP contribution >= 0.6 is 0 Å². The summed E-state index contributed by atoms with van der Waals surface area (Å²) >= 11 is 0. The Hall–Kier alpha value is -0.970.